The molecule has 2 N–H and O–H groups in total. The number of nitrogens with zero attached hydrogens (tertiary/aromatic N) is 5. The fourth-order valence-electron chi connectivity index (χ4n) is 3.80. The van der Waals surface area contributed by atoms with E-state index in [0.717, 1.165) is 35.2 Å². The van der Waals surface area contributed by atoms with E-state index in [-0.39, 0.29) is 11.8 Å². The lowest BCUT2D eigenvalue weighted by Crippen LogP contribution is -2.43. The van der Waals surface area contributed by atoms with Gasteiger partial charge in [-0.25, -0.2) is 4.98 Å². The van der Waals surface area contributed by atoms with Gasteiger partial charge in [0, 0.05) is 25.4 Å². The van der Waals surface area contributed by atoms with Crippen molar-refractivity contribution in [3.05, 3.63) is 83.7 Å². The SMILES string of the molecule is CC(CNC(C(=O)Nc1ccc(-c2cnn(C)n2)cn1)C1=CCCC=C1)c1ccc(C#N)cc1. The van der Waals surface area contributed by atoms with Crippen LogP contribution >= 0.6 is 0 Å². The van der Waals surface area contributed by atoms with Crippen molar-refractivity contribution in [3.63, 3.8) is 0 Å². The number of nitriles is 1. The number of allylic oxidation sites excluding steroid dienone is 2. The number of hydrogen-bond acceptors (Lipinski definition) is 6. The van der Waals surface area contributed by atoms with Crippen LogP contribution < -0.4 is 10.6 Å². The lowest BCUT2D eigenvalue weighted by atomic mass is 9.96. The highest BCUT2D eigenvalue weighted by atomic mass is 16.2. The summed E-state index contributed by atoms with van der Waals surface area (Å²) >= 11 is 0. The fraction of sp³-hybridized carbons (Fsp3) is 0.269. The third-order valence-electron chi connectivity index (χ3n) is 5.77. The topological polar surface area (TPSA) is 109 Å². The van der Waals surface area contributed by atoms with Crippen molar-refractivity contribution in [1.29, 1.82) is 5.26 Å². The molecular formula is C26H27N7O. The van der Waals surface area contributed by atoms with Gasteiger partial charge in [-0.3, -0.25) is 4.79 Å². The maximum atomic E-state index is 13.3. The second kappa shape index (κ2) is 10.7. The minimum atomic E-state index is -0.501. The zero-order chi connectivity index (χ0) is 23.9. The third-order valence-corrected chi connectivity index (χ3v) is 5.77. The molecule has 0 radical (unpaired) electrons. The summed E-state index contributed by atoms with van der Waals surface area (Å²) < 4.78 is 0. The molecule has 0 spiro atoms. The molecule has 1 aliphatic carbocycles. The third kappa shape index (κ3) is 5.63. The summed E-state index contributed by atoms with van der Waals surface area (Å²) in [5, 5.41) is 23.7. The van der Waals surface area contributed by atoms with Crippen molar-refractivity contribution >= 4 is 11.7 Å². The Bertz CT molecular complexity index is 1230. The van der Waals surface area contributed by atoms with E-state index in [0.29, 0.717) is 17.9 Å². The Morgan fingerprint density at radius 3 is 2.62 bits per heavy atom. The van der Waals surface area contributed by atoms with Crippen molar-refractivity contribution in [2.75, 3.05) is 11.9 Å². The molecule has 1 aromatic carbocycles. The first-order valence-electron chi connectivity index (χ1n) is 11.3. The summed E-state index contributed by atoms with van der Waals surface area (Å²) in [5.41, 5.74) is 4.25. The molecule has 8 heteroatoms. The van der Waals surface area contributed by atoms with Crippen molar-refractivity contribution < 1.29 is 4.79 Å². The predicted octanol–water partition coefficient (Wildman–Crippen LogP) is 3.73. The Labute approximate surface area is 199 Å². The maximum Gasteiger partial charge on any atom is 0.247 e. The summed E-state index contributed by atoms with van der Waals surface area (Å²) in [4.78, 5) is 19.1. The molecule has 8 nitrogen and oxygen atoms in total. The first-order chi connectivity index (χ1) is 16.5. The predicted molar refractivity (Wildman–Crippen MR) is 131 cm³/mol. The summed E-state index contributed by atoms with van der Waals surface area (Å²) in [5.74, 6) is 0.482. The normalized spacial score (nSPS) is 14.7. The number of carbonyl (C=O) groups excluding carboxylic acids is 1. The standard InChI is InChI=1S/C26H27N7O/c1-18(20-10-8-19(14-27)9-11-20)15-29-25(21-6-4-3-5-7-21)26(34)31-24-13-12-22(16-28-24)23-17-30-33(2)32-23/h4,6-13,16-18,25,29H,3,5,15H2,1-2H3,(H,28,31,34). The molecule has 0 aliphatic heterocycles. The molecule has 2 heterocycles. The largest absolute Gasteiger partial charge is 0.309 e. The molecule has 1 amide bonds. The molecule has 0 bridgehead atoms. The number of aryl methyl sites for hydroxylation is 1. The van der Waals surface area contributed by atoms with Crippen molar-refractivity contribution in [2.45, 2.75) is 31.7 Å². The molecule has 2 atom stereocenters. The first-order valence-corrected chi connectivity index (χ1v) is 11.3. The van der Waals surface area contributed by atoms with Gasteiger partial charge in [0.25, 0.3) is 0 Å². The van der Waals surface area contributed by atoms with Crippen LogP contribution in [-0.4, -0.2) is 38.5 Å². The molecule has 34 heavy (non-hydrogen) atoms. The van der Waals surface area contributed by atoms with Crippen LogP contribution in [0.3, 0.4) is 0 Å². The van der Waals surface area contributed by atoms with E-state index in [1.165, 1.54) is 4.80 Å². The van der Waals surface area contributed by atoms with Crippen LogP contribution in [-0.2, 0) is 11.8 Å². The van der Waals surface area contributed by atoms with Gasteiger partial charge in [0.15, 0.2) is 0 Å². The Morgan fingerprint density at radius 1 is 1.18 bits per heavy atom. The average Bonchev–Trinajstić information content (AvgIpc) is 3.31. The van der Waals surface area contributed by atoms with Gasteiger partial charge in [0.1, 0.15) is 17.6 Å². The van der Waals surface area contributed by atoms with Gasteiger partial charge in [-0.1, -0.05) is 37.3 Å². The maximum absolute atomic E-state index is 13.3. The van der Waals surface area contributed by atoms with Crippen LogP contribution in [0.2, 0.25) is 0 Å². The number of hydrogen-bond donors (Lipinski definition) is 2. The lowest BCUT2D eigenvalue weighted by Gasteiger charge is -2.23. The minimum absolute atomic E-state index is 0.162. The molecule has 3 aromatic rings. The monoisotopic (exact) mass is 453 g/mol. The molecule has 0 fully saturated rings. The molecular weight excluding hydrogens is 426 g/mol. The van der Waals surface area contributed by atoms with E-state index in [4.69, 9.17) is 5.26 Å². The van der Waals surface area contributed by atoms with Gasteiger partial charge in [-0.05, 0) is 54.2 Å². The van der Waals surface area contributed by atoms with E-state index in [2.05, 4.69) is 51.0 Å². The van der Waals surface area contributed by atoms with Gasteiger partial charge in [-0.15, -0.1) is 0 Å². The van der Waals surface area contributed by atoms with Crippen LogP contribution in [0.4, 0.5) is 5.82 Å². The molecule has 2 unspecified atom stereocenters. The van der Waals surface area contributed by atoms with Crippen molar-refractivity contribution in [3.8, 4) is 17.3 Å². The summed E-state index contributed by atoms with van der Waals surface area (Å²) in [7, 11) is 1.76. The number of nitrogens with one attached hydrogen (secondary N) is 2. The van der Waals surface area contributed by atoms with Gasteiger partial charge in [0.2, 0.25) is 5.91 Å². The zero-order valence-corrected chi connectivity index (χ0v) is 19.3. The van der Waals surface area contributed by atoms with Crippen LogP contribution in [0.15, 0.2) is 72.6 Å². The Kier molecular flexibility index (Phi) is 7.25. The van der Waals surface area contributed by atoms with E-state index >= 15 is 0 Å². The number of amides is 1. The van der Waals surface area contributed by atoms with E-state index in [1.54, 1.807) is 25.5 Å². The van der Waals surface area contributed by atoms with Crippen LogP contribution in [0.25, 0.3) is 11.3 Å². The Morgan fingerprint density at radius 2 is 2.00 bits per heavy atom. The molecule has 2 aromatic heterocycles. The van der Waals surface area contributed by atoms with E-state index in [1.807, 2.05) is 36.4 Å². The molecule has 4 rings (SSSR count). The quantitative estimate of drug-likeness (QED) is 0.538. The van der Waals surface area contributed by atoms with Crippen molar-refractivity contribution in [1.82, 2.24) is 25.3 Å². The Hall–Kier alpha value is -4.09. The summed E-state index contributed by atoms with van der Waals surface area (Å²) in [6, 6.07) is 12.8. The lowest BCUT2D eigenvalue weighted by molar-refractivity contribution is -0.117. The fourth-order valence-corrected chi connectivity index (χ4v) is 3.80. The van der Waals surface area contributed by atoms with E-state index < -0.39 is 6.04 Å². The molecule has 0 saturated heterocycles. The smallest absolute Gasteiger partial charge is 0.247 e. The minimum Gasteiger partial charge on any atom is -0.309 e. The van der Waals surface area contributed by atoms with Gasteiger partial charge >= 0.3 is 0 Å². The molecule has 0 saturated carbocycles. The number of anilines is 1. The number of carbonyl (C=O) groups is 1. The van der Waals surface area contributed by atoms with Crippen LogP contribution in [0, 0.1) is 11.3 Å². The number of pyridine rings is 1. The zero-order valence-electron chi connectivity index (χ0n) is 19.3. The van der Waals surface area contributed by atoms with Gasteiger partial charge < -0.3 is 10.6 Å². The highest BCUT2D eigenvalue weighted by Gasteiger charge is 2.23. The van der Waals surface area contributed by atoms with Gasteiger partial charge in [-0.2, -0.15) is 20.3 Å². The summed E-state index contributed by atoms with van der Waals surface area (Å²) in [6.45, 7) is 2.70. The summed E-state index contributed by atoms with van der Waals surface area (Å²) in [6.07, 6.45) is 11.4. The van der Waals surface area contributed by atoms with Crippen molar-refractivity contribution in [2.24, 2.45) is 7.05 Å². The molecule has 1 aliphatic rings. The second-order valence-corrected chi connectivity index (χ2v) is 8.30. The van der Waals surface area contributed by atoms with E-state index in [9.17, 15) is 4.79 Å². The van der Waals surface area contributed by atoms with Gasteiger partial charge in [0.05, 0.1) is 17.8 Å². The highest BCUT2D eigenvalue weighted by Crippen LogP contribution is 2.20. The molecule has 172 valence electrons. The Balaban J connectivity index is 1.44. The number of aromatic nitrogens is 4. The number of rotatable bonds is 8. The average molecular weight is 454 g/mol. The first kappa shape index (κ1) is 23.1. The van der Waals surface area contributed by atoms with Crippen LogP contribution in [0.5, 0.6) is 0 Å². The number of benzene rings is 1. The van der Waals surface area contributed by atoms with Crippen LogP contribution in [0.1, 0.15) is 36.8 Å². The highest BCUT2D eigenvalue weighted by molar-refractivity contribution is 5.96. The second-order valence-electron chi connectivity index (χ2n) is 8.30.